The van der Waals surface area contributed by atoms with Gasteiger partial charge >= 0.3 is 5.97 Å². The van der Waals surface area contributed by atoms with Crippen molar-refractivity contribution in [3.63, 3.8) is 0 Å². The highest BCUT2D eigenvalue weighted by Gasteiger charge is 2.07. The fraction of sp³-hybridized carbons (Fsp3) is 0.0556. The number of carbonyl (C=O) groups excluding carboxylic acids is 1. The van der Waals surface area contributed by atoms with Crippen molar-refractivity contribution in [2.75, 3.05) is 6.61 Å². The lowest BCUT2D eigenvalue weighted by Gasteiger charge is -2.08. The van der Waals surface area contributed by atoms with Gasteiger partial charge in [0.1, 0.15) is 6.61 Å². The van der Waals surface area contributed by atoms with Gasteiger partial charge in [-0.3, -0.25) is 0 Å². The third-order valence-corrected chi connectivity index (χ3v) is 2.78. The molecule has 0 saturated heterocycles. The fourth-order valence-electron chi connectivity index (χ4n) is 1.87. The summed E-state index contributed by atoms with van der Waals surface area (Å²) in [6.45, 7) is 3.74. The Bertz CT molecular complexity index is 556. The van der Waals surface area contributed by atoms with E-state index in [2.05, 4.69) is 6.58 Å². The van der Waals surface area contributed by atoms with E-state index in [0.717, 1.165) is 16.7 Å². The van der Waals surface area contributed by atoms with Crippen molar-refractivity contribution in [1.29, 1.82) is 0 Å². The van der Waals surface area contributed by atoms with Crippen LogP contribution in [-0.2, 0) is 9.53 Å². The minimum absolute atomic E-state index is 0.214. The van der Waals surface area contributed by atoms with Crippen molar-refractivity contribution in [1.82, 2.24) is 0 Å². The number of hydrogen-bond acceptors (Lipinski definition) is 2. The van der Waals surface area contributed by atoms with Crippen LogP contribution in [0.3, 0.4) is 0 Å². The van der Waals surface area contributed by atoms with Crippen LogP contribution in [0.25, 0.3) is 5.57 Å². The molecule has 0 N–H and O–H groups in total. The van der Waals surface area contributed by atoms with E-state index in [1.807, 2.05) is 60.7 Å². The van der Waals surface area contributed by atoms with Crippen LogP contribution in [0.1, 0.15) is 11.1 Å². The molecular formula is C18H16O2. The summed E-state index contributed by atoms with van der Waals surface area (Å²) >= 11 is 0. The van der Waals surface area contributed by atoms with Gasteiger partial charge < -0.3 is 4.74 Å². The summed E-state index contributed by atoms with van der Waals surface area (Å²) in [4.78, 5) is 11.8. The van der Waals surface area contributed by atoms with Crippen LogP contribution in [0.2, 0.25) is 0 Å². The van der Waals surface area contributed by atoms with E-state index in [-0.39, 0.29) is 12.6 Å². The summed E-state index contributed by atoms with van der Waals surface area (Å²) in [5.74, 6) is -0.368. The normalized spacial score (nSPS) is 9.60. The second-order valence-corrected chi connectivity index (χ2v) is 4.21. The van der Waals surface area contributed by atoms with Crippen molar-refractivity contribution in [2.45, 2.75) is 0 Å². The van der Waals surface area contributed by atoms with Gasteiger partial charge in [-0.2, -0.15) is 0 Å². The lowest BCUT2D eigenvalue weighted by molar-refractivity contribution is -0.136. The maximum absolute atomic E-state index is 11.8. The van der Waals surface area contributed by atoms with Crippen LogP contribution in [-0.4, -0.2) is 12.6 Å². The summed E-state index contributed by atoms with van der Waals surface area (Å²) in [6.07, 6.45) is 3.07. The third-order valence-electron chi connectivity index (χ3n) is 2.78. The van der Waals surface area contributed by atoms with E-state index in [9.17, 15) is 4.79 Å². The highest BCUT2D eigenvalue weighted by Crippen LogP contribution is 2.23. The number of esters is 1. The molecule has 20 heavy (non-hydrogen) atoms. The maximum atomic E-state index is 11.8. The van der Waals surface area contributed by atoms with E-state index < -0.39 is 0 Å². The fourth-order valence-corrected chi connectivity index (χ4v) is 1.87. The minimum Gasteiger partial charge on any atom is -0.458 e. The Morgan fingerprint density at radius 3 is 1.90 bits per heavy atom. The zero-order chi connectivity index (χ0) is 14.2. The summed E-state index contributed by atoms with van der Waals surface area (Å²) in [5.41, 5.74) is 2.81. The van der Waals surface area contributed by atoms with Gasteiger partial charge in [0.25, 0.3) is 0 Å². The Hall–Kier alpha value is -2.61. The monoisotopic (exact) mass is 264 g/mol. The molecule has 0 fully saturated rings. The second-order valence-electron chi connectivity index (χ2n) is 4.21. The first-order chi connectivity index (χ1) is 9.81. The molecule has 2 heteroatoms. The van der Waals surface area contributed by atoms with Crippen molar-refractivity contribution in [3.05, 3.63) is 90.5 Å². The summed E-state index contributed by atoms with van der Waals surface area (Å²) in [5, 5.41) is 0. The first-order valence-electron chi connectivity index (χ1n) is 6.41. The van der Waals surface area contributed by atoms with Crippen LogP contribution >= 0.6 is 0 Å². The van der Waals surface area contributed by atoms with Gasteiger partial charge in [-0.15, -0.1) is 0 Å². The number of rotatable bonds is 5. The van der Waals surface area contributed by atoms with Crippen LogP contribution in [0.5, 0.6) is 0 Å². The van der Waals surface area contributed by atoms with E-state index in [4.69, 9.17) is 4.74 Å². The quantitative estimate of drug-likeness (QED) is 0.466. The number of benzene rings is 2. The van der Waals surface area contributed by atoms with Crippen molar-refractivity contribution in [2.24, 2.45) is 0 Å². The molecular weight excluding hydrogens is 248 g/mol. The van der Waals surface area contributed by atoms with Gasteiger partial charge in [-0.25, -0.2) is 4.79 Å². The molecule has 0 spiro atoms. The highest BCUT2D eigenvalue weighted by atomic mass is 16.5. The Balaban J connectivity index is 2.37. The maximum Gasteiger partial charge on any atom is 0.331 e. The topological polar surface area (TPSA) is 26.3 Å². The first-order valence-corrected chi connectivity index (χ1v) is 6.41. The second kappa shape index (κ2) is 7.10. The van der Waals surface area contributed by atoms with E-state index in [0.29, 0.717) is 0 Å². The highest BCUT2D eigenvalue weighted by molar-refractivity contribution is 5.96. The smallest absolute Gasteiger partial charge is 0.331 e. The molecule has 0 aliphatic carbocycles. The molecule has 0 heterocycles. The molecule has 2 nitrogen and oxygen atoms in total. The molecule has 0 amide bonds. The molecule has 0 unspecified atom stereocenters. The predicted molar refractivity (Wildman–Crippen MR) is 81.1 cm³/mol. The number of carbonyl (C=O) groups is 1. The Morgan fingerprint density at radius 1 is 0.950 bits per heavy atom. The van der Waals surface area contributed by atoms with Crippen LogP contribution < -0.4 is 0 Å². The lowest BCUT2D eigenvalue weighted by atomic mass is 9.98. The molecule has 0 radical (unpaired) electrons. The van der Waals surface area contributed by atoms with Crippen molar-refractivity contribution in [3.8, 4) is 0 Å². The third kappa shape index (κ3) is 3.69. The number of hydrogen-bond donors (Lipinski definition) is 0. The molecule has 0 saturated carbocycles. The molecule has 0 aliphatic heterocycles. The van der Waals surface area contributed by atoms with E-state index in [1.54, 1.807) is 6.08 Å². The molecule has 100 valence electrons. The van der Waals surface area contributed by atoms with Gasteiger partial charge in [0.15, 0.2) is 0 Å². The summed E-state index contributed by atoms with van der Waals surface area (Å²) in [6, 6.07) is 19.6. The molecule has 2 aromatic carbocycles. The van der Waals surface area contributed by atoms with Crippen LogP contribution in [0.4, 0.5) is 0 Å². The van der Waals surface area contributed by atoms with Gasteiger partial charge in [-0.05, 0) is 16.7 Å². The molecule has 0 atom stereocenters. The first kappa shape index (κ1) is 13.8. The lowest BCUT2D eigenvalue weighted by Crippen LogP contribution is -2.02. The zero-order valence-corrected chi connectivity index (χ0v) is 11.2. The van der Waals surface area contributed by atoms with E-state index >= 15 is 0 Å². The standard InChI is InChI=1S/C18H16O2/c1-2-13-20-18(19)14-17(15-9-5-3-6-10-15)16-11-7-4-8-12-16/h2-12,14H,1,13H2. The van der Waals surface area contributed by atoms with Crippen LogP contribution in [0, 0.1) is 0 Å². The SMILES string of the molecule is C=CCOC(=O)C=C(c1ccccc1)c1ccccc1. The Labute approximate surface area is 119 Å². The van der Waals surface area contributed by atoms with Crippen LogP contribution in [0.15, 0.2) is 79.4 Å². The average Bonchev–Trinajstić information content (AvgIpc) is 2.52. The van der Waals surface area contributed by atoms with Gasteiger partial charge in [0, 0.05) is 6.08 Å². The average molecular weight is 264 g/mol. The molecule has 0 aromatic heterocycles. The number of ether oxygens (including phenoxy) is 1. The minimum atomic E-state index is -0.368. The van der Waals surface area contributed by atoms with E-state index in [1.165, 1.54) is 6.08 Å². The summed E-state index contributed by atoms with van der Waals surface area (Å²) < 4.78 is 5.03. The van der Waals surface area contributed by atoms with Crippen molar-refractivity contribution >= 4 is 11.5 Å². The summed E-state index contributed by atoms with van der Waals surface area (Å²) in [7, 11) is 0. The largest absolute Gasteiger partial charge is 0.458 e. The zero-order valence-electron chi connectivity index (χ0n) is 11.2. The Kier molecular flexibility index (Phi) is 4.90. The molecule has 2 rings (SSSR count). The van der Waals surface area contributed by atoms with Gasteiger partial charge in [0.2, 0.25) is 0 Å². The van der Waals surface area contributed by atoms with Gasteiger partial charge in [-0.1, -0.05) is 73.3 Å². The predicted octanol–water partition coefficient (Wildman–Crippen LogP) is 3.85. The molecule has 0 bridgehead atoms. The molecule has 0 aliphatic rings. The van der Waals surface area contributed by atoms with Crippen molar-refractivity contribution < 1.29 is 9.53 Å². The Morgan fingerprint density at radius 2 is 1.45 bits per heavy atom. The molecule has 2 aromatic rings. The van der Waals surface area contributed by atoms with Gasteiger partial charge in [0.05, 0.1) is 0 Å².